The highest BCUT2D eigenvalue weighted by molar-refractivity contribution is 9.10. The monoisotopic (exact) mass is 482 g/mol. The van der Waals surface area contributed by atoms with E-state index in [0.29, 0.717) is 22.6 Å². The molecule has 2 rings (SSSR count). The summed E-state index contributed by atoms with van der Waals surface area (Å²) in [6.45, 7) is 1.64. The molecule has 30 heavy (non-hydrogen) atoms. The summed E-state index contributed by atoms with van der Waals surface area (Å²) in [6.07, 6.45) is 0. The minimum absolute atomic E-state index is 0.101. The van der Waals surface area contributed by atoms with Gasteiger partial charge in [-0.25, -0.2) is 4.79 Å². The van der Waals surface area contributed by atoms with Crippen molar-refractivity contribution in [2.75, 3.05) is 32.8 Å². The number of rotatable bonds is 9. The van der Waals surface area contributed by atoms with E-state index >= 15 is 0 Å². The highest BCUT2D eigenvalue weighted by atomic mass is 79.9. The predicted octanol–water partition coefficient (Wildman–Crippen LogP) is 3.57. The number of nitrogens with zero attached hydrogens (tertiary/aromatic N) is 1. The molecule has 0 saturated carbocycles. The van der Waals surface area contributed by atoms with E-state index in [1.165, 1.54) is 44.6 Å². The van der Waals surface area contributed by atoms with Gasteiger partial charge in [0.25, 0.3) is 11.6 Å². The number of methoxy groups -OCH3 is 2. The second kappa shape index (κ2) is 10.4. The number of carbonyl (C=O) groups is 2. The van der Waals surface area contributed by atoms with Gasteiger partial charge >= 0.3 is 5.97 Å². The molecule has 0 aliphatic rings. The van der Waals surface area contributed by atoms with Gasteiger partial charge in [-0.15, -0.1) is 0 Å². The molecular weight excluding hydrogens is 464 g/mol. The van der Waals surface area contributed by atoms with Crippen LogP contribution in [0.4, 0.5) is 11.4 Å². The van der Waals surface area contributed by atoms with Crippen LogP contribution in [0.2, 0.25) is 0 Å². The average molecular weight is 483 g/mol. The third kappa shape index (κ3) is 5.60. The van der Waals surface area contributed by atoms with Crippen LogP contribution in [-0.2, 0) is 9.53 Å². The van der Waals surface area contributed by atoms with E-state index < -0.39 is 23.4 Å². The van der Waals surface area contributed by atoms with Gasteiger partial charge in [0.15, 0.2) is 18.1 Å². The number of amides is 1. The van der Waals surface area contributed by atoms with E-state index in [1.807, 2.05) is 6.92 Å². The molecule has 0 spiro atoms. The summed E-state index contributed by atoms with van der Waals surface area (Å²) < 4.78 is 21.3. The third-order valence-corrected chi connectivity index (χ3v) is 4.35. The first-order valence-corrected chi connectivity index (χ1v) is 9.39. The average Bonchev–Trinajstić information content (AvgIpc) is 2.73. The van der Waals surface area contributed by atoms with Crippen LogP contribution in [0.3, 0.4) is 0 Å². The largest absolute Gasteiger partial charge is 0.494 e. The summed E-state index contributed by atoms with van der Waals surface area (Å²) in [7, 11) is 2.75. The number of nitrogens with one attached hydrogen (secondary N) is 1. The number of benzene rings is 2. The molecule has 11 heteroatoms. The Morgan fingerprint density at radius 2 is 1.83 bits per heavy atom. The number of anilines is 1. The first kappa shape index (κ1) is 22.9. The van der Waals surface area contributed by atoms with Crippen LogP contribution in [0.15, 0.2) is 34.8 Å². The Morgan fingerprint density at radius 3 is 2.43 bits per heavy atom. The minimum Gasteiger partial charge on any atom is -0.494 e. The van der Waals surface area contributed by atoms with Crippen LogP contribution >= 0.6 is 15.9 Å². The Labute approximate surface area is 180 Å². The van der Waals surface area contributed by atoms with E-state index in [9.17, 15) is 19.7 Å². The van der Waals surface area contributed by atoms with Gasteiger partial charge in [0, 0.05) is 6.07 Å². The molecule has 160 valence electrons. The van der Waals surface area contributed by atoms with Gasteiger partial charge in [-0.05, 0) is 41.1 Å². The third-order valence-electron chi connectivity index (χ3n) is 3.76. The number of ether oxygens (including phenoxy) is 4. The highest BCUT2D eigenvalue weighted by Gasteiger charge is 2.18. The first-order valence-electron chi connectivity index (χ1n) is 8.60. The van der Waals surface area contributed by atoms with E-state index in [2.05, 4.69) is 21.2 Å². The van der Waals surface area contributed by atoms with Gasteiger partial charge in [0.05, 0.1) is 47.5 Å². The molecular formula is C19H19BrN2O8. The van der Waals surface area contributed by atoms with Crippen molar-refractivity contribution in [2.24, 2.45) is 0 Å². The number of nitro benzene ring substituents is 1. The SMILES string of the molecule is CCOc1c(Br)cc(C(=O)OCC(=O)Nc2ccc([N+](=O)[O-])cc2OC)cc1OC. The van der Waals surface area contributed by atoms with Gasteiger partial charge in [0.1, 0.15) is 5.75 Å². The molecule has 0 radical (unpaired) electrons. The summed E-state index contributed by atoms with van der Waals surface area (Å²) in [4.78, 5) is 34.7. The predicted molar refractivity (Wildman–Crippen MR) is 110 cm³/mol. The summed E-state index contributed by atoms with van der Waals surface area (Å²) in [5.41, 5.74) is 0.170. The maximum absolute atomic E-state index is 12.3. The maximum atomic E-state index is 12.3. The van der Waals surface area contributed by atoms with Crippen molar-refractivity contribution in [3.63, 3.8) is 0 Å². The quantitative estimate of drug-likeness (QED) is 0.326. The zero-order valence-electron chi connectivity index (χ0n) is 16.4. The summed E-state index contributed by atoms with van der Waals surface area (Å²) >= 11 is 3.31. The van der Waals surface area contributed by atoms with Crippen molar-refractivity contribution in [1.29, 1.82) is 0 Å². The first-order chi connectivity index (χ1) is 14.3. The van der Waals surface area contributed by atoms with Crippen molar-refractivity contribution in [3.05, 3.63) is 50.5 Å². The van der Waals surface area contributed by atoms with Crippen LogP contribution in [0, 0.1) is 10.1 Å². The number of non-ortho nitro benzene ring substituents is 1. The Bertz CT molecular complexity index is 964. The molecule has 2 aromatic rings. The molecule has 10 nitrogen and oxygen atoms in total. The second-order valence-electron chi connectivity index (χ2n) is 5.69. The summed E-state index contributed by atoms with van der Waals surface area (Å²) in [6, 6.07) is 6.65. The standard InChI is InChI=1S/C19H19BrN2O8/c1-4-29-18-13(20)7-11(8-16(18)28-3)19(24)30-10-17(23)21-14-6-5-12(22(25)26)9-15(14)27-2/h5-9H,4,10H2,1-3H3,(H,21,23). The number of hydrogen-bond acceptors (Lipinski definition) is 8. The fourth-order valence-corrected chi connectivity index (χ4v) is 2.98. The maximum Gasteiger partial charge on any atom is 0.338 e. The van der Waals surface area contributed by atoms with Gasteiger partial charge in [-0.3, -0.25) is 14.9 Å². The Balaban J connectivity index is 2.05. The molecule has 0 aliphatic heterocycles. The Hall–Kier alpha value is -3.34. The van der Waals surface area contributed by atoms with Crippen molar-refractivity contribution >= 4 is 39.2 Å². The van der Waals surface area contributed by atoms with E-state index in [1.54, 1.807) is 0 Å². The van der Waals surface area contributed by atoms with Crippen LogP contribution in [0.1, 0.15) is 17.3 Å². The number of nitro groups is 1. The zero-order chi connectivity index (χ0) is 22.3. The Morgan fingerprint density at radius 1 is 1.13 bits per heavy atom. The smallest absolute Gasteiger partial charge is 0.338 e. The lowest BCUT2D eigenvalue weighted by atomic mass is 10.2. The van der Waals surface area contributed by atoms with Crippen molar-refractivity contribution in [2.45, 2.75) is 6.92 Å². The molecule has 0 heterocycles. The lowest BCUT2D eigenvalue weighted by molar-refractivity contribution is -0.384. The molecule has 2 aromatic carbocycles. The molecule has 0 atom stereocenters. The molecule has 1 amide bonds. The molecule has 0 fully saturated rings. The zero-order valence-corrected chi connectivity index (χ0v) is 18.0. The van der Waals surface area contributed by atoms with Gasteiger partial charge in [-0.1, -0.05) is 0 Å². The molecule has 0 aromatic heterocycles. The number of carbonyl (C=O) groups excluding carboxylic acids is 2. The fourth-order valence-electron chi connectivity index (χ4n) is 2.42. The van der Waals surface area contributed by atoms with Crippen molar-refractivity contribution in [3.8, 4) is 17.2 Å². The Kier molecular flexibility index (Phi) is 7.98. The van der Waals surface area contributed by atoms with Crippen LogP contribution in [0.5, 0.6) is 17.2 Å². The number of esters is 1. The van der Waals surface area contributed by atoms with Gasteiger partial charge in [-0.2, -0.15) is 0 Å². The molecule has 1 N–H and O–H groups in total. The molecule has 0 unspecified atom stereocenters. The van der Waals surface area contributed by atoms with E-state index in [0.717, 1.165) is 0 Å². The number of halogens is 1. The molecule has 0 aliphatic carbocycles. The van der Waals surface area contributed by atoms with Crippen LogP contribution in [-0.4, -0.2) is 44.2 Å². The van der Waals surface area contributed by atoms with Crippen LogP contribution in [0.25, 0.3) is 0 Å². The highest BCUT2D eigenvalue weighted by Crippen LogP contribution is 2.37. The lowest BCUT2D eigenvalue weighted by Gasteiger charge is -2.13. The molecule has 0 bridgehead atoms. The van der Waals surface area contributed by atoms with E-state index in [4.69, 9.17) is 18.9 Å². The minimum atomic E-state index is -0.747. The van der Waals surface area contributed by atoms with Crippen molar-refractivity contribution in [1.82, 2.24) is 0 Å². The van der Waals surface area contributed by atoms with Gasteiger partial charge < -0.3 is 24.3 Å². The van der Waals surface area contributed by atoms with Crippen LogP contribution < -0.4 is 19.5 Å². The lowest BCUT2D eigenvalue weighted by Crippen LogP contribution is -2.21. The fraction of sp³-hybridized carbons (Fsp3) is 0.263. The summed E-state index contributed by atoms with van der Waals surface area (Å²) in [5.74, 6) is -0.516. The topological polar surface area (TPSA) is 126 Å². The van der Waals surface area contributed by atoms with Gasteiger partial charge in [0.2, 0.25) is 0 Å². The normalized spacial score (nSPS) is 10.1. The number of hydrogen-bond donors (Lipinski definition) is 1. The second-order valence-corrected chi connectivity index (χ2v) is 6.54. The molecule has 0 saturated heterocycles. The van der Waals surface area contributed by atoms with E-state index in [-0.39, 0.29) is 22.7 Å². The summed E-state index contributed by atoms with van der Waals surface area (Å²) in [5, 5.41) is 13.3. The van der Waals surface area contributed by atoms with Crippen molar-refractivity contribution < 1.29 is 33.5 Å².